The molecule has 174 valence electrons. The number of anilines is 2. The van der Waals surface area contributed by atoms with E-state index in [0.717, 1.165) is 0 Å². The number of carbonyl (C=O) groups excluding carboxylic acids is 1. The van der Waals surface area contributed by atoms with E-state index in [1.165, 1.54) is 18.2 Å². The van der Waals surface area contributed by atoms with E-state index in [-0.39, 0.29) is 22.4 Å². The lowest BCUT2D eigenvalue weighted by atomic mass is 10.1. The molecule has 1 aliphatic carbocycles. The molecule has 1 fully saturated rings. The van der Waals surface area contributed by atoms with Crippen molar-refractivity contribution in [2.45, 2.75) is 17.7 Å². The highest BCUT2D eigenvalue weighted by atomic mass is 32.2. The number of nitrogens with one attached hydrogen (secondary N) is 2. The average Bonchev–Trinajstić information content (AvgIpc) is 3.53. The second kappa shape index (κ2) is 8.66. The van der Waals surface area contributed by atoms with E-state index in [0.29, 0.717) is 35.6 Å². The van der Waals surface area contributed by atoms with Gasteiger partial charge < -0.3 is 9.84 Å². The third kappa shape index (κ3) is 4.60. The molecule has 5 rings (SSSR count). The molecule has 0 radical (unpaired) electrons. The Morgan fingerprint density at radius 1 is 1.03 bits per heavy atom. The van der Waals surface area contributed by atoms with Crippen LogP contribution in [0.15, 0.2) is 82.3 Å². The molecule has 0 atom stereocenters. The zero-order valence-electron chi connectivity index (χ0n) is 18.2. The Morgan fingerprint density at radius 2 is 1.80 bits per heavy atom. The standard InChI is InChI=1S/C24H18N6O4S/c25-15-24(11-12-24)23(31)27-17-4-3-5-18(14-17)30-35(32,33)19-9-7-16(8-10-19)21-28-22(34-29-21)20-6-1-2-13-26-20/h1-10,13-14,30H,11-12H2,(H,27,31). The number of carbonyl (C=O) groups is 1. The fraction of sp³-hybridized carbons (Fsp3) is 0.125. The lowest BCUT2D eigenvalue weighted by Crippen LogP contribution is -2.22. The summed E-state index contributed by atoms with van der Waals surface area (Å²) in [5, 5.41) is 15.8. The number of aromatic nitrogens is 3. The molecule has 0 saturated heterocycles. The summed E-state index contributed by atoms with van der Waals surface area (Å²) < 4.78 is 33.5. The van der Waals surface area contributed by atoms with E-state index in [9.17, 15) is 13.2 Å². The van der Waals surface area contributed by atoms with Crippen molar-refractivity contribution in [3.05, 3.63) is 72.9 Å². The van der Waals surface area contributed by atoms with Gasteiger partial charge in [-0.3, -0.25) is 14.5 Å². The second-order valence-electron chi connectivity index (χ2n) is 8.00. The smallest absolute Gasteiger partial charge is 0.276 e. The first-order valence-corrected chi connectivity index (χ1v) is 12.1. The highest BCUT2D eigenvalue weighted by Crippen LogP contribution is 2.45. The van der Waals surface area contributed by atoms with Crippen molar-refractivity contribution in [1.82, 2.24) is 15.1 Å². The maximum absolute atomic E-state index is 12.9. The lowest BCUT2D eigenvalue weighted by Gasteiger charge is -2.12. The Morgan fingerprint density at radius 3 is 2.49 bits per heavy atom. The first kappa shape index (κ1) is 22.2. The number of nitrogens with zero attached hydrogens (tertiary/aromatic N) is 4. The molecule has 10 nitrogen and oxygen atoms in total. The minimum Gasteiger partial charge on any atom is -0.332 e. The van der Waals surface area contributed by atoms with E-state index in [1.807, 2.05) is 6.07 Å². The fourth-order valence-electron chi connectivity index (χ4n) is 3.36. The number of benzene rings is 2. The maximum Gasteiger partial charge on any atom is 0.276 e. The molecule has 1 saturated carbocycles. The van der Waals surface area contributed by atoms with E-state index in [2.05, 4.69) is 25.2 Å². The molecule has 2 aromatic heterocycles. The number of rotatable bonds is 7. The van der Waals surface area contributed by atoms with Crippen molar-refractivity contribution in [1.29, 1.82) is 5.26 Å². The van der Waals surface area contributed by atoms with Gasteiger partial charge in [0.2, 0.25) is 11.7 Å². The number of hydrogen-bond acceptors (Lipinski definition) is 8. The highest BCUT2D eigenvalue weighted by molar-refractivity contribution is 7.92. The molecule has 2 N–H and O–H groups in total. The van der Waals surface area contributed by atoms with Crippen molar-refractivity contribution in [3.63, 3.8) is 0 Å². The first-order valence-electron chi connectivity index (χ1n) is 10.6. The summed E-state index contributed by atoms with van der Waals surface area (Å²) in [6.45, 7) is 0. The monoisotopic (exact) mass is 486 g/mol. The molecule has 0 bridgehead atoms. The first-order chi connectivity index (χ1) is 16.9. The summed E-state index contributed by atoms with van der Waals surface area (Å²) in [7, 11) is -3.91. The van der Waals surface area contributed by atoms with Crippen LogP contribution in [0.25, 0.3) is 23.0 Å². The van der Waals surface area contributed by atoms with E-state index >= 15 is 0 Å². The van der Waals surface area contributed by atoms with Gasteiger partial charge in [-0.1, -0.05) is 17.3 Å². The van der Waals surface area contributed by atoms with Gasteiger partial charge in [0.05, 0.1) is 16.7 Å². The molecular formula is C24H18N6O4S. The van der Waals surface area contributed by atoms with Gasteiger partial charge in [0.25, 0.3) is 15.9 Å². The summed E-state index contributed by atoms with van der Waals surface area (Å²) in [5.41, 5.74) is 0.799. The minimum absolute atomic E-state index is 0.0329. The van der Waals surface area contributed by atoms with Crippen LogP contribution < -0.4 is 10.0 Å². The molecule has 35 heavy (non-hydrogen) atoms. The number of nitriles is 1. The quantitative estimate of drug-likeness (QED) is 0.400. The van der Waals surface area contributed by atoms with Gasteiger partial charge >= 0.3 is 0 Å². The SMILES string of the molecule is N#CC1(C(=O)Nc2cccc(NS(=O)(=O)c3ccc(-c4noc(-c5ccccn5)n4)cc3)c2)CC1. The Labute approximate surface area is 200 Å². The predicted octanol–water partition coefficient (Wildman–Crippen LogP) is 3.84. The summed E-state index contributed by atoms with van der Waals surface area (Å²) in [6, 6.07) is 19.7. The van der Waals surface area contributed by atoms with E-state index in [4.69, 9.17) is 9.78 Å². The second-order valence-corrected chi connectivity index (χ2v) is 9.68. The maximum atomic E-state index is 12.9. The summed E-state index contributed by atoms with van der Waals surface area (Å²) in [6.07, 6.45) is 2.66. The van der Waals surface area contributed by atoms with Crippen LogP contribution in [0.1, 0.15) is 12.8 Å². The van der Waals surface area contributed by atoms with Crippen LogP contribution in [-0.4, -0.2) is 29.4 Å². The molecule has 11 heteroatoms. The molecule has 2 aromatic carbocycles. The van der Waals surface area contributed by atoms with Crippen LogP contribution >= 0.6 is 0 Å². The lowest BCUT2D eigenvalue weighted by molar-refractivity contribution is -0.119. The van der Waals surface area contributed by atoms with Crippen LogP contribution in [0.5, 0.6) is 0 Å². The van der Waals surface area contributed by atoms with Crippen molar-refractivity contribution in [2.24, 2.45) is 5.41 Å². The zero-order chi connectivity index (χ0) is 24.5. The van der Waals surface area contributed by atoms with Gasteiger partial charge in [-0.15, -0.1) is 0 Å². The van der Waals surface area contributed by atoms with Crippen LogP contribution in [0.4, 0.5) is 11.4 Å². The molecule has 0 aliphatic heterocycles. The average molecular weight is 487 g/mol. The molecule has 1 amide bonds. The molecule has 2 heterocycles. The molecule has 4 aromatic rings. The Kier molecular flexibility index (Phi) is 5.50. The van der Waals surface area contributed by atoms with Gasteiger partial charge in [-0.25, -0.2) is 8.42 Å². The third-order valence-corrected chi connectivity index (χ3v) is 6.90. The Bertz CT molecular complexity index is 1540. The number of amides is 1. The number of pyridine rings is 1. The van der Waals surface area contributed by atoms with Gasteiger partial charge in [0, 0.05) is 17.4 Å². The number of sulfonamides is 1. The van der Waals surface area contributed by atoms with Gasteiger partial charge in [-0.05, 0) is 67.4 Å². The largest absolute Gasteiger partial charge is 0.332 e. The summed E-state index contributed by atoms with van der Waals surface area (Å²) in [5.74, 6) is 0.174. The fourth-order valence-corrected chi connectivity index (χ4v) is 4.41. The minimum atomic E-state index is -3.91. The topological polar surface area (TPSA) is 151 Å². The predicted molar refractivity (Wildman–Crippen MR) is 126 cm³/mol. The van der Waals surface area contributed by atoms with Crippen LogP contribution in [0, 0.1) is 16.7 Å². The molecule has 1 aliphatic rings. The third-order valence-electron chi connectivity index (χ3n) is 5.50. The van der Waals surface area contributed by atoms with Crippen molar-refractivity contribution >= 4 is 27.3 Å². The molecule has 0 unspecified atom stereocenters. The van der Waals surface area contributed by atoms with Crippen LogP contribution in [0.3, 0.4) is 0 Å². The summed E-state index contributed by atoms with van der Waals surface area (Å²) >= 11 is 0. The van der Waals surface area contributed by atoms with Crippen molar-refractivity contribution in [3.8, 4) is 29.0 Å². The Balaban J connectivity index is 1.30. The van der Waals surface area contributed by atoms with Gasteiger partial charge in [0.1, 0.15) is 11.1 Å². The molecular weight excluding hydrogens is 468 g/mol. The van der Waals surface area contributed by atoms with Crippen LogP contribution in [0.2, 0.25) is 0 Å². The van der Waals surface area contributed by atoms with Crippen LogP contribution in [-0.2, 0) is 14.8 Å². The zero-order valence-corrected chi connectivity index (χ0v) is 19.0. The number of hydrogen-bond donors (Lipinski definition) is 2. The van der Waals surface area contributed by atoms with Gasteiger partial charge in [-0.2, -0.15) is 10.2 Å². The van der Waals surface area contributed by atoms with Crippen molar-refractivity contribution in [2.75, 3.05) is 10.0 Å². The normalized spacial score (nSPS) is 14.0. The highest BCUT2D eigenvalue weighted by Gasteiger charge is 2.50. The summed E-state index contributed by atoms with van der Waals surface area (Å²) in [4.78, 5) is 20.8. The van der Waals surface area contributed by atoms with E-state index in [1.54, 1.807) is 54.7 Å². The van der Waals surface area contributed by atoms with Gasteiger partial charge in [0.15, 0.2) is 0 Å². The Hall–Kier alpha value is -4.56. The van der Waals surface area contributed by atoms with E-state index < -0.39 is 15.4 Å². The van der Waals surface area contributed by atoms with Crippen molar-refractivity contribution < 1.29 is 17.7 Å². The molecule has 0 spiro atoms.